The third kappa shape index (κ3) is 5.94. The van der Waals surface area contributed by atoms with Gasteiger partial charge in [0.15, 0.2) is 5.90 Å². The molecule has 184 valence electrons. The number of hydrogen-bond acceptors (Lipinski definition) is 10. The topological polar surface area (TPSA) is 192 Å². The second-order valence-corrected chi connectivity index (χ2v) is 13.4. The maximum absolute atomic E-state index is 11.9. The fourth-order valence-corrected chi connectivity index (χ4v) is 7.80. The van der Waals surface area contributed by atoms with Crippen LogP contribution >= 0.6 is 38.1 Å². The second kappa shape index (κ2) is 9.75. The van der Waals surface area contributed by atoms with E-state index >= 15 is 0 Å². The van der Waals surface area contributed by atoms with Gasteiger partial charge in [0.1, 0.15) is 30.2 Å². The number of aliphatic hydroxyl groups is 2. The number of aliphatic hydroxyl groups excluding tert-OH is 2. The van der Waals surface area contributed by atoms with Crippen LogP contribution in [0.3, 0.4) is 0 Å². The predicted molar refractivity (Wildman–Crippen MR) is 121 cm³/mol. The smallest absolute Gasteiger partial charge is 0.340 e. The molecule has 0 aromatic carbocycles. The van der Waals surface area contributed by atoms with Gasteiger partial charge in [0.25, 0.3) is 0 Å². The number of nitrogens with zero attached hydrogens (tertiary/aromatic N) is 2. The molecule has 4 rings (SSSR count). The maximum Gasteiger partial charge on any atom is 0.340 e. The van der Waals surface area contributed by atoms with E-state index in [1.165, 1.54) is 11.3 Å². The van der Waals surface area contributed by atoms with Crippen LogP contribution in [-0.2, 0) is 18.4 Å². The van der Waals surface area contributed by atoms with Crippen LogP contribution < -0.4 is 5.32 Å². The molecule has 2 aromatic heterocycles. The highest BCUT2D eigenvalue weighted by atomic mass is 35.5. The molecule has 2 aromatic rings. The lowest BCUT2D eigenvalue weighted by molar-refractivity contribution is -0.0181. The Hall–Kier alpha value is -0.690. The van der Waals surface area contributed by atoms with Gasteiger partial charge in [-0.05, 0) is 29.8 Å². The van der Waals surface area contributed by atoms with Gasteiger partial charge < -0.3 is 39.5 Å². The third-order valence-electron chi connectivity index (χ3n) is 5.58. The number of ether oxygens (including phenoxy) is 1. The molecule has 33 heavy (non-hydrogen) atoms. The first kappa shape index (κ1) is 25.4. The van der Waals surface area contributed by atoms with E-state index in [9.17, 15) is 24.2 Å². The van der Waals surface area contributed by atoms with Gasteiger partial charge >= 0.3 is 15.2 Å². The summed E-state index contributed by atoms with van der Waals surface area (Å²) in [6, 6.07) is 0.281. The Morgan fingerprint density at radius 2 is 1.88 bits per heavy atom. The van der Waals surface area contributed by atoms with Gasteiger partial charge in [-0.3, -0.25) is 9.13 Å². The van der Waals surface area contributed by atoms with Crippen LogP contribution in [-0.4, -0.2) is 71.7 Å². The van der Waals surface area contributed by atoms with E-state index in [1.54, 1.807) is 5.38 Å². The highest BCUT2D eigenvalue weighted by Gasteiger charge is 2.46. The summed E-state index contributed by atoms with van der Waals surface area (Å²) in [4.78, 5) is 36.0. The summed E-state index contributed by atoms with van der Waals surface area (Å²) in [7, 11) is -9.44. The van der Waals surface area contributed by atoms with Crippen LogP contribution in [0, 0.1) is 0 Å². The predicted octanol–water partition coefficient (Wildman–Crippen LogP) is 2.20. The first-order valence-electron chi connectivity index (χ1n) is 10.2. The first-order chi connectivity index (χ1) is 15.4. The summed E-state index contributed by atoms with van der Waals surface area (Å²) in [6.45, 7) is -0.658. The van der Waals surface area contributed by atoms with Crippen molar-refractivity contribution in [3.05, 3.63) is 16.2 Å². The largest absolute Gasteiger partial charge is 0.387 e. The Balaban J connectivity index is 1.53. The Kier molecular flexibility index (Phi) is 7.51. The molecule has 1 aliphatic heterocycles. The van der Waals surface area contributed by atoms with E-state index in [0.717, 1.165) is 25.7 Å². The highest BCUT2D eigenvalue weighted by molar-refractivity contribution is 7.70. The summed E-state index contributed by atoms with van der Waals surface area (Å²) in [6.07, 6.45) is -0.823. The number of nitrogens with one attached hydrogen (secondary N) is 1. The Morgan fingerprint density at radius 1 is 1.18 bits per heavy atom. The minimum absolute atomic E-state index is 0.00854. The number of anilines is 1. The molecule has 0 amide bonds. The van der Waals surface area contributed by atoms with Crippen LogP contribution in [0.5, 0.6) is 0 Å². The molecule has 0 radical (unpaired) electrons. The fourth-order valence-electron chi connectivity index (χ4n) is 4.08. The quantitative estimate of drug-likeness (QED) is 0.210. The summed E-state index contributed by atoms with van der Waals surface area (Å²) in [5, 5.41) is 26.1. The second-order valence-electron chi connectivity index (χ2n) is 8.15. The molecule has 1 aliphatic carbocycles. The average molecular weight is 544 g/mol. The van der Waals surface area contributed by atoms with Crippen molar-refractivity contribution in [2.75, 3.05) is 17.8 Å². The summed E-state index contributed by atoms with van der Waals surface area (Å²) in [5.41, 5.74) is 0.915. The molecule has 3 heterocycles. The van der Waals surface area contributed by atoms with Crippen LogP contribution in [0.15, 0.2) is 5.38 Å². The van der Waals surface area contributed by atoms with Crippen molar-refractivity contribution in [3.8, 4) is 0 Å². The van der Waals surface area contributed by atoms with Crippen LogP contribution in [0.25, 0.3) is 10.2 Å². The van der Waals surface area contributed by atoms with E-state index in [-0.39, 0.29) is 11.3 Å². The number of halogens is 1. The fraction of sp³-hybridized carbons (Fsp3) is 0.647. The molecule has 2 aliphatic rings. The van der Waals surface area contributed by atoms with E-state index < -0.39 is 52.1 Å². The van der Waals surface area contributed by atoms with Gasteiger partial charge in [-0.2, -0.15) is 4.98 Å². The molecule has 6 N–H and O–H groups in total. The number of aromatic nitrogens is 2. The number of fused-ring (bicyclic) bond motifs is 1. The highest BCUT2D eigenvalue weighted by Crippen LogP contribution is 2.55. The van der Waals surface area contributed by atoms with E-state index in [1.807, 2.05) is 0 Å². The van der Waals surface area contributed by atoms with Crippen molar-refractivity contribution in [2.24, 2.45) is 0 Å². The molecule has 1 saturated heterocycles. The van der Waals surface area contributed by atoms with Crippen molar-refractivity contribution in [1.82, 2.24) is 9.97 Å². The Bertz CT molecular complexity index is 1110. The summed E-state index contributed by atoms with van der Waals surface area (Å²) in [5.74, 6) is -0.782. The van der Waals surface area contributed by atoms with Crippen LogP contribution in [0.1, 0.15) is 37.4 Å². The molecule has 0 spiro atoms. The van der Waals surface area contributed by atoms with Gasteiger partial charge in [-0.1, -0.05) is 12.8 Å². The van der Waals surface area contributed by atoms with Crippen LogP contribution in [0.4, 0.5) is 5.82 Å². The molecule has 1 unspecified atom stereocenters. The van der Waals surface area contributed by atoms with E-state index in [0.29, 0.717) is 21.6 Å². The van der Waals surface area contributed by atoms with Crippen LogP contribution in [0.2, 0.25) is 5.28 Å². The molecule has 0 bridgehead atoms. The molecule has 5 atom stereocenters. The lowest BCUT2D eigenvalue weighted by atomic mass is 10.0. The Labute approximate surface area is 197 Å². The van der Waals surface area contributed by atoms with Crippen molar-refractivity contribution in [1.29, 1.82) is 0 Å². The lowest BCUT2D eigenvalue weighted by Gasteiger charge is -2.18. The van der Waals surface area contributed by atoms with Gasteiger partial charge in [0.2, 0.25) is 5.28 Å². The molecule has 1 saturated carbocycles. The number of rotatable bonds is 8. The summed E-state index contributed by atoms with van der Waals surface area (Å²) >= 11 is 7.47. The molecular weight excluding hydrogens is 520 g/mol. The first-order valence-corrected chi connectivity index (χ1v) is 15.0. The zero-order chi connectivity index (χ0) is 24.0. The molecule has 2 fully saturated rings. The van der Waals surface area contributed by atoms with Gasteiger partial charge in [-0.25, -0.2) is 4.98 Å². The maximum atomic E-state index is 11.9. The lowest BCUT2D eigenvalue weighted by Crippen LogP contribution is -2.33. The van der Waals surface area contributed by atoms with Crippen molar-refractivity contribution >= 4 is 54.2 Å². The Morgan fingerprint density at radius 3 is 2.55 bits per heavy atom. The zero-order valence-corrected chi connectivity index (χ0v) is 20.5. The number of hydrogen-bond donors (Lipinski definition) is 6. The average Bonchev–Trinajstić information content (AvgIpc) is 3.40. The third-order valence-corrected chi connectivity index (χ3v) is 10.2. The van der Waals surface area contributed by atoms with Crippen molar-refractivity contribution in [2.45, 2.75) is 56.1 Å². The standard InChI is InChI=1S/C17H24ClN3O9P2S/c18-17-20-11-9(6-33-15(11)16(21-17)19-8-3-1-2-4-8)14-13(23)12(22)10(30-14)5-29-32(27,28)7-31(24,25)26/h6,8,10,12-14,22-23H,1-5,7H2,(H,27,28)(H,19,20,21)(H2,24,25,26)/t10-,12-,13-,14-/m1/s1. The minimum Gasteiger partial charge on any atom is -0.387 e. The molecule has 16 heteroatoms. The van der Waals surface area contributed by atoms with E-state index in [2.05, 4.69) is 15.3 Å². The van der Waals surface area contributed by atoms with Crippen molar-refractivity contribution in [3.63, 3.8) is 0 Å². The normalized spacial score (nSPS) is 28.4. The molecular formula is C17H24ClN3O9P2S. The van der Waals surface area contributed by atoms with Gasteiger partial charge in [0.05, 0.1) is 16.8 Å². The summed E-state index contributed by atoms with van der Waals surface area (Å²) < 4.78 is 34.0. The number of thiophene rings is 1. The molecule has 12 nitrogen and oxygen atoms in total. The van der Waals surface area contributed by atoms with Gasteiger partial charge in [0, 0.05) is 11.6 Å². The minimum atomic E-state index is -4.80. The van der Waals surface area contributed by atoms with Gasteiger partial charge in [-0.15, -0.1) is 11.3 Å². The van der Waals surface area contributed by atoms with Crippen molar-refractivity contribution < 1.29 is 43.3 Å². The SMILES string of the molecule is O=P(O)(O)CP(=O)(O)OC[C@H]1O[C@H](c2csc3c(NC4CCCC4)nc(Cl)nc23)[C@H](O)[C@@H]1O. The zero-order valence-electron chi connectivity index (χ0n) is 17.2. The monoisotopic (exact) mass is 543 g/mol. The van der Waals surface area contributed by atoms with E-state index in [4.69, 9.17) is 30.6 Å².